The molecule has 1 heterocycles. The fourth-order valence-electron chi connectivity index (χ4n) is 2.38. The summed E-state index contributed by atoms with van der Waals surface area (Å²) in [6.07, 6.45) is 2.57. The first-order valence-corrected chi connectivity index (χ1v) is 7.65. The number of ether oxygens (including phenoxy) is 2. The molecule has 0 amide bonds. The van der Waals surface area contributed by atoms with Gasteiger partial charge < -0.3 is 14.8 Å². The van der Waals surface area contributed by atoms with Gasteiger partial charge in [0.15, 0.2) is 0 Å². The molecule has 1 N–H and O–H groups in total. The van der Waals surface area contributed by atoms with Gasteiger partial charge in [0.05, 0.1) is 12.2 Å². The van der Waals surface area contributed by atoms with Gasteiger partial charge >= 0.3 is 0 Å². The predicted molar refractivity (Wildman–Crippen MR) is 82.1 cm³/mol. The van der Waals surface area contributed by atoms with Crippen molar-refractivity contribution in [2.75, 3.05) is 6.61 Å². The average molecular weight is 295 g/mol. The van der Waals surface area contributed by atoms with Crippen LogP contribution >= 0.6 is 0 Å². The van der Waals surface area contributed by atoms with Crippen LogP contribution in [0.4, 0.5) is 4.39 Å². The molecule has 2 unspecified atom stereocenters. The number of hydrogen-bond acceptors (Lipinski definition) is 3. The number of rotatable bonds is 5. The third kappa shape index (κ3) is 5.29. The predicted octanol–water partition coefficient (Wildman–Crippen LogP) is 3.66. The van der Waals surface area contributed by atoms with Crippen molar-refractivity contribution in [2.45, 2.75) is 64.8 Å². The molecule has 21 heavy (non-hydrogen) atoms. The Bertz CT molecular complexity index is 470. The molecule has 118 valence electrons. The van der Waals surface area contributed by atoms with Crippen molar-refractivity contribution in [3.63, 3.8) is 0 Å². The van der Waals surface area contributed by atoms with Gasteiger partial charge in [0.1, 0.15) is 18.2 Å². The lowest BCUT2D eigenvalue weighted by Crippen LogP contribution is -2.35. The summed E-state index contributed by atoms with van der Waals surface area (Å²) in [6, 6.07) is 4.67. The molecule has 0 aliphatic carbocycles. The molecule has 1 fully saturated rings. The van der Waals surface area contributed by atoms with E-state index in [9.17, 15) is 4.39 Å². The highest BCUT2D eigenvalue weighted by Crippen LogP contribution is 2.24. The quantitative estimate of drug-likeness (QED) is 0.899. The number of benzene rings is 1. The molecule has 2 rings (SSSR count). The molecule has 3 nitrogen and oxygen atoms in total. The van der Waals surface area contributed by atoms with Gasteiger partial charge in [-0.05, 0) is 58.7 Å². The molecule has 2 atom stereocenters. The van der Waals surface area contributed by atoms with Crippen molar-refractivity contribution in [1.82, 2.24) is 5.32 Å². The Morgan fingerprint density at radius 3 is 2.71 bits per heavy atom. The maximum absolute atomic E-state index is 13.5. The Hall–Kier alpha value is -1.13. The highest BCUT2D eigenvalue weighted by Gasteiger charge is 2.22. The van der Waals surface area contributed by atoms with E-state index in [1.807, 2.05) is 0 Å². The minimum absolute atomic E-state index is 0.0203. The van der Waals surface area contributed by atoms with Crippen LogP contribution in [0.1, 0.15) is 46.1 Å². The van der Waals surface area contributed by atoms with Crippen LogP contribution in [-0.2, 0) is 11.3 Å². The lowest BCUT2D eigenvalue weighted by atomic mass is 10.1. The first-order valence-electron chi connectivity index (χ1n) is 7.65. The lowest BCUT2D eigenvalue weighted by molar-refractivity contribution is 0.0262. The molecule has 1 aromatic carbocycles. The van der Waals surface area contributed by atoms with E-state index < -0.39 is 0 Å². The van der Waals surface area contributed by atoms with Crippen LogP contribution in [0.2, 0.25) is 0 Å². The SMILES string of the molecule is CC1CCC(COc2ccc(F)cc2CNC(C)(C)C)O1. The van der Waals surface area contributed by atoms with Crippen molar-refractivity contribution in [3.05, 3.63) is 29.6 Å². The third-order valence-electron chi connectivity index (χ3n) is 3.58. The van der Waals surface area contributed by atoms with Crippen molar-refractivity contribution in [1.29, 1.82) is 0 Å². The summed E-state index contributed by atoms with van der Waals surface area (Å²) in [5, 5.41) is 3.36. The second-order valence-corrected chi connectivity index (χ2v) is 6.81. The lowest BCUT2D eigenvalue weighted by Gasteiger charge is -2.22. The van der Waals surface area contributed by atoms with Crippen LogP contribution in [0.5, 0.6) is 5.75 Å². The van der Waals surface area contributed by atoms with E-state index in [4.69, 9.17) is 9.47 Å². The summed E-state index contributed by atoms with van der Waals surface area (Å²) in [4.78, 5) is 0. The molecule has 0 saturated carbocycles. The van der Waals surface area contributed by atoms with Gasteiger partial charge in [-0.15, -0.1) is 0 Å². The molecule has 1 aliphatic heterocycles. The Kier molecular flexibility index (Phi) is 5.22. The van der Waals surface area contributed by atoms with Crippen molar-refractivity contribution < 1.29 is 13.9 Å². The largest absolute Gasteiger partial charge is 0.491 e. The Balaban J connectivity index is 1.97. The maximum atomic E-state index is 13.5. The molecule has 4 heteroatoms. The van der Waals surface area contributed by atoms with Gasteiger partial charge in [-0.3, -0.25) is 0 Å². The maximum Gasteiger partial charge on any atom is 0.124 e. The zero-order chi connectivity index (χ0) is 15.5. The van der Waals surface area contributed by atoms with Gasteiger partial charge in [0, 0.05) is 17.6 Å². The summed E-state index contributed by atoms with van der Waals surface area (Å²) < 4.78 is 25.1. The number of hydrogen-bond donors (Lipinski definition) is 1. The monoisotopic (exact) mass is 295 g/mol. The van der Waals surface area contributed by atoms with Gasteiger partial charge in [-0.2, -0.15) is 0 Å². The summed E-state index contributed by atoms with van der Waals surface area (Å²) in [5.74, 6) is 0.495. The molecule has 0 aromatic heterocycles. The van der Waals surface area contributed by atoms with Crippen LogP contribution in [-0.4, -0.2) is 24.4 Å². The zero-order valence-corrected chi connectivity index (χ0v) is 13.4. The smallest absolute Gasteiger partial charge is 0.124 e. The van der Waals surface area contributed by atoms with Gasteiger partial charge in [0.2, 0.25) is 0 Å². The van der Waals surface area contributed by atoms with Gasteiger partial charge in [-0.1, -0.05) is 0 Å². The minimum atomic E-state index is -0.237. The van der Waals surface area contributed by atoms with Crippen LogP contribution in [0.25, 0.3) is 0 Å². The van der Waals surface area contributed by atoms with Crippen molar-refractivity contribution in [2.24, 2.45) is 0 Å². The number of halogens is 1. The van der Waals surface area contributed by atoms with E-state index in [0.717, 1.165) is 24.2 Å². The molecular weight excluding hydrogens is 269 g/mol. The first kappa shape index (κ1) is 16.2. The van der Waals surface area contributed by atoms with Crippen molar-refractivity contribution >= 4 is 0 Å². The average Bonchev–Trinajstić information content (AvgIpc) is 2.80. The zero-order valence-electron chi connectivity index (χ0n) is 13.4. The molecule has 0 bridgehead atoms. The second-order valence-electron chi connectivity index (χ2n) is 6.81. The first-order chi connectivity index (χ1) is 9.83. The van der Waals surface area contributed by atoms with E-state index in [1.165, 1.54) is 12.1 Å². The molecule has 1 aliphatic rings. The highest BCUT2D eigenvalue weighted by molar-refractivity contribution is 5.34. The van der Waals surface area contributed by atoms with Crippen LogP contribution in [0, 0.1) is 5.82 Å². The summed E-state index contributed by atoms with van der Waals surface area (Å²) in [5.41, 5.74) is 0.823. The topological polar surface area (TPSA) is 30.5 Å². The van der Waals surface area contributed by atoms with Crippen LogP contribution in [0.15, 0.2) is 18.2 Å². The summed E-state index contributed by atoms with van der Waals surface area (Å²) in [7, 11) is 0. The van der Waals surface area contributed by atoms with Crippen LogP contribution < -0.4 is 10.1 Å². The van der Waals surface area contributed by atoms with Gasteiger partial charge in [-0.25, -0.2) is 4.39 Å². The minimum Gasteiger partial charge on any atom is -0.491 e. The Morgan fingerprint density at radius 1 is 1.33 bits per heavy atom. The number of nitrogens with one attached hydrogen (secondary N) is 1. The molecular formula is C17H26FNO2. The Labute approximate surface area is 126 Å². The third-order valence-corrected chi connectivity index (χ3v) is 3.58. The Morgan fingerprint density at radius 2 is 2.10 bits per heavy atom. The molecule has 1 aromatic rings. The van der Waals surface area contributed by atoms with Gasteiger partial charge in [0.25, 0.3) is 0 Å². The van der Waals surface area contributed by atoms with E-state index in [2.05, 4.69) is 33.0 Å². The van der Waals surface area contributed by atoms with E-state index in [0.29, 0.717) is 19.3 Å². The fraction of sp³-hybridized carbons (Fsp3) is 0.647. The molecule has 0 radical (unpaired) electrons. The van der Waals surface area contributed by atoms with E-state index in [1.54, 1.807) is 6.07 Å². The summed E-state index contributed by atoms with van der Waals surface area (Å²) >= 11 is 0. The second kappa shape index (κ2) is 6.75. The van der Waals surface area contributed by atoms with Crippen LogP contribution in [0.3, 0.4) is 0 Å². The standard InChI is InChI=1S/C17H26FNO2/c1-12-5-7-15(21-12)11-20-16-8-6-14(18)9-13(16)10-19-17(2,3)4/h6,8-9,12,15,19H,5,7,10-11H2,1-4H3. The molecule has 1 saturated heterocycles. The van der Waals surface area contributed by atoms with E-state index in [-0.39, 0.29) is 17.5 Å². The highest BCUT2D eigenvalue weighted by atomic mass is 19.1. The van der Waals surface area contributed by atoms with Crippen molar-refractivity contribution in [3.8, 4) is 5.75 Å². The fourth-order valence-corrected chi connectivity index (χ4v) is 2.38. The van der Waals surface area contributed by atoms with E-state index >= 15 is 0 Å². The summed E-state index contributed by atoms with van der Waals surface area (Å²) in [6.45, 7) is 9.44. The molecule has 0 spiro atoms. The normalized spacial score (nSPS) is 22.5.